The quantitative estimate of drug-likeness (QED) is 0.242. The van der Waals surface area contributed by atoms with Gasteiger partial charge in [-0.15, -0.1) is 0 Å². The van der Waals surface area contributed by atoms with Gasteiger partial charge in [-0.25, -0.2) is 0 Å². The van der Waals surface area contributed by atoms with Crippen molar-refractivity contribution in [3.8, 4) is 0 Å². The number of epoxide rings is 1. The Bertz CT molecular complexity index is 270. The molecule has 1 atom stereocenters. The van der Waals surface area contributed by atoms with Gasteiger partial charge < -0.3 is 22.8 Å². The smallest absolute Gasteiger partial charge is 0.374 e. The van der Waals surface area contributed by atoms with Gasteiger partial charge in [-0.05, 0) is 26.2 Å². The lowest BCUT2D eigenvalue weighted by Crippen LogP contribution is -2.52. The van der Waals surface area contributed by atoms with E-state index in [1.54, 1.807) is 0 Å². The first-order valence-electron chi connectivity index (χ1n) is 9.23. The molecule has 0 spiro atoms. The lowest BCUT2D eigenvalue weighted by Gasteiger charge is -2.30. The van der Waals surface area contributed by atoms with Crippen molar-refractivity contribution >= 4 is 8.80 Å². The van der Waals surface area contributed by atoms with Gasteiger partial charge >= 0.3 is 8.80 Å². The fourth-order valence-electron chi connectivity index (χ4n) is 1.96. The first kappa shape index (κ1) is 21.1. The number of hydrogen-bond donors (Lipinski definition) is 0. The van der Waals surface area contributed by atoms with E-state index in [0.717, 1.165) is 45.1 Å². The van der Waals surface area contributed by atoms with Crippen molar-refractivity contribution in [3.63, 3.8) is 0 Å². The Morgan fingerprint density at radius 3 is 1.65 bits per heavy atom. The highest BCUT2D eigenvalue weighted by Crippen LogP contribution is 2.26. The van der Waals surface area contributed by atoms with Crippen LogP contribution in [0.2, 0.25) is 0 Å². The van der Waals surface area contributed by atoms with Crippen molar-refractivity contribution in [3.05, 3.63) is 0 Å². The molecule has 1 unspecified atom stereocenters. The standard InChI is InChI=1S/C17H36O5Si/c1-5-8-11-20-23(21-12-9-6-2,22-13-10-7-3)16-18-14-17(4)15-19-17/h5-16H2,1-4H3. The molecule has 1 saturated heterocycles. The third-order valence-corrected chi connectivity index (χ3v) is 6.27. The molecule has 0 aromatic carbocycles. The normalized spacial score (nSPS) is 20.9. The van der Waals surface area contributed by atoms with Crippen molar-refractivity contribution < 1.29 is 22.8 Å². The van der Waals surface area contributed by atoms with Crippen LogP contribution in [0.4, 0.5) is 0 Å². The first-order valence-corrected chi connectivity index (χ1v) is 11.2. The SMILES string of the molecule is CCCCO[Si](COCC1(C)CO1)(OCCCC)OCCCC. The monoisotopic (exact) mass is 348 g/mol. The molecule has 0 radical (unpaired) electrons. The molecule has 1 fully saturated rings. The van der Waals surface area contributed by atoms with E-state index >= 15 is 0 Å². The molecule has 23 heavy (non-hydrogen) atoms. The van der Waals surface area contributed by atoms with Crippen LogP contribution in [-0.4, -0.2) is 53.7 Å². The molecule has 138 valence electrons. The average molecular weight is 349 g/mol. The summed E-state index contributed by atoms with van der Waals surface area (Å²) in [5, 5.41) is 0. The highest BCUT2D eigenvalue weighted by molar-refractivity contribution is 6.60. The molecule has 6 heteroatoms. The molecule has 1 aliphatic heterocycles. The lowest BCUT2D eigenvalue weighted by atomic mass is 10.2. The summed E-state index contributed by atoms with van der Waals surface area (Å²) in [5.74, 6) is 0. The van der Waals surface area contributed by atoms with Crippen molar-refractivity contribution in [2.24, 2.45) is 0 Å². The Kier molecular flexibility index (Phi) is 10.6. The summed E-state index contributed by atoms with van der Waals surface area (Å²) in [6.07, 6.45) is 6.77. The second-order valence-electron chi connectivity index (χ2n) is 6.52. The van der Waals surface area contributed by atoms with E-state index in [1.807, 2.05) is 0 Å². The Morgan fingerprint density at radius 2 is 1.30 bits per heavy atom. The van der Waals surface area contributed by atoms with Crippen LogP contribution in [-0.2, 0) is 22.8 Å². The minimum Gasteiger partial charge on any atom is -0.374 e. The van der Waals surface area contributed by atoms with Crippen LogP contribution in [0.5, 0.6) is 0 Å². The third kappa shape index (κ3) is 9.17. The van der Waals surface area contributed by atoms with Crippen LogP contribution >= 0.6 is 0 Å². The van der Waals surface area contributed by atoms with Crippen molar-refractivity contribution in [1.29, 1.82) is 0 Å². The van der Waals surface area contributed by atoms with Gasteiger partial charge in [0.05, 0.1) is 13.2 Å². The molecular formula is C17H36O5Si. The Balaban J connectivity index is 2.55. The van der Waals surface area contributed by atoms with Gasteiger partial charge in [0.2, 0.25) is 0 Å². The predicted octanol–water partition coefficient (Wildman–Crippen LogP) is 3.72. The van der Waals surface area contributed by atoms with Crippen LogP contribution in [0.15, 0.2) is 0 Å². The average Bonchev–Trinajstić information content (AvgIpc) is 3.26. The van der Waals surface area contributed by atoms with Gasteiger partial charge in [-0.2, -0.15) is 0 Å². The molecule has 0 N–H and O–H groups in total. The topological polar surface area (TPSA) is 49.5 Å². The molecule has 0 bridgehead atoms. The molecule has 0 aromatic rings. The van der Waals surface area contributed by atoms with Crippen LogP contribution in [0.25, 0.3) is 0 Å². The number of unbranched alkanes of at least 4 members (excludes halogenated alkanes) is 3. The zero-order valence-electron chi connectivity index (χ0n) is 15.5. The van der Waals surface area contributed by atoms with Gasteiger partial charge in [0.15, 0.2) is 0 Å². The van der Waals surface area contributed by atoms with E-state index < -0.39 is 8.80 Å². The van der Waals surface area contributed by atoms with Gasteiger partial charge in [-0.1, -0.05) is 40.0 Å². The van der Waals surface area contributed by atoms with Crippen molar-refractivity contribution in [1.82, 2.24) is 0 Å². The largest absolute Gasteiger partial charge is 0.528 e. The fraction of sp³-hybridized carbons (Fsp3) is 1.00. The van der Waals surface area contributed by atoms with Gasteiger partial charge in [0.1, 0.15) is 11.8 Å². The Labute approximate surface area is 143 Å². The van der Waals surface area contributed by atoms with E-state index in [4.69, 9.17) is 22.8 Å². The highest BCUT2D eigenvalue weighted by Gasteiger charge is 2.45. The Hall–Kier alpha value is 0.0169. The minimum absolute atomic E-state index is 0.115. The Morgan fingerprint density at radius 1 is 0.870 bits per heavy atom. The second kappa shape index (κ2) is 11.6. The van der Waals surface area contributed by atoms with Gasteiger partial charge in [0, 0.05) is 19.8 Å². The van der Waals surface area contributed by atoms with Crippen molar-refractivity contribution in [2.45, 2.75) is 71.8 Å². The van der Waals surface area contributed by atoms with E-state index in [2.05, 4.69) is 27.7 Å². The molecular weight excluding hydrogens is 312 g/mol. The van der Waals surface area contributed by atoms with Gasteiger partial charge in [0.25, 0.3) is 0 Å². The molecule has 0 aromatic heterocycles. The summed E-state index contributed by atoms with van der Waals surface area (Å²) in [5.41, 5.74) is -0.115. The zero-order chi connectivity index (χ0) is 17.0. The molecule has 5 nitrogen and oxygen atoms in total. The van der Waals surface area contributed by atoms with Crippen LogP contribution in [0.1, 0.15) is 66.2 Å². The molecule has 1 aliphatic rings. The maximum Gasteiger partial charge on any atom is 0.528 e. The molecule has 0 amide bonds. The van der Waals surface area contributed by atoms with E-state index in [1.165, 1.54) is 0 Å². The van der Waals surface area contributed by atoms with E-state index in [-0.39, 0.29) is 5.60 Å². The van der Waals surface area contributed by atoms with Crippen molar-refractivity contribution in [2.75, 3.05) is 39.3 Å². The van der Waals surface area contributed by atoms with Crippen LogP contribution in [0, 0.1) is 0 Å². The summed E-state index contributed by atoms with van der Waals surface area (Å²) in [6.45, 7) is 11.9. The zero-order valence-corrected chi connectivity index (χ0v) is 16.5. The van der Waals surface area contributed by atoms with Gasteiger partial charge in [-0.3, -0.25) is 0 Å². The maximum absolute atomic E-state index is 6.13. The summed E-state index contributed by atoms with van der Waals surface area (Å²) >= 11 is 0. The van der Waals surface area contributed by atoms with E-state index in [0.29, 0.717) is 32.7 Å². The predicted molar refractivity (Wildman–Crippen MR) is 93.5 cm³/mol. The lowest BCUT2D eigenvalue weighted by molar-refractivity contribution is 0.0113. The number of rotatable bonds is 16. The summed E-state index contributed by atoms with van der Waals surface area (Å²) < 4.78 is 29.6. The van der Waals surface area contributed by atoms with Crippen LogP contribution < -0.4 is 0 Å². The summed E-state index contributed by atoms with van der Waals surface area (Å²) in [4.78, 5) is 0. The fourth-order valence-corrected chi connectivity index (χ4v) is 4.18. The summed E-state index contributed by atoms with van der Waals surface area (Å²) in [7, 11) is -2.76. The second-order valence-corrected chi connectivity index (χ2v) is 9.04. The third-order valence-electron chi connectivity index (χ3n) is 3.78. The van der Waals surface area contributed by atoms with E-state index in [9.17, 15) is 0 Å². The maximum atomic E-state index is 6.13. The minimum atomic E-state index is -2.76. The molecule has 0 aliphatic carbocycles. The molecule has 1 heterocycles. The highest BCUT2D eigenvalue weighted by atomic mass is 28.4. The van der Waals surface area contributed by atoms with Crippen LogP contribution in [0.3, 0.4) is 0 Å². The molecule has 1 rings (SSSR count). The molecule has 0 saturated carbocycles. The first-order chi connectivity index (χ1) is 11.1. The number of ether oxygens (including phenoxy) is 2. The number of hydrogen-bond acceptors (Lipinski definition) is 5. The summed E-state index contributed by atoms with van der Waals surface area (Å²) in [6, 6.07) is 0.